The predicted molar refractivity (Wildman–Crippen MR) is 69.5 cm³/mol. The molecule has 1 aliphatic carbocycles. The van der Waals surface area contributed by atoms with Crippen LogP contribution in [0.25, 0.3) is 5.69 Å². The Morgan fingerprint density at radius 2 is 1.74 bits per heavy atom. The third-order valence-corrected chi connectivity index (χ3v) is 3.80. The van der Waals surface area contributed by atoms with E-state index in [1.54, 1.807) is 0 Å². The molecule has 0 aliphatic heterocycles. The number of rotatable bonds is 2. The molecule has 1 aliphatic rings. The molecule has 0 unspecified atom stereocenters. The Labute approximate surface area is 173 Å². The molecular formula is C15H12F3KN2O2. The van der Waals surface area contributed by atoms with Gasteiger partial charge in [0.2, 0.25) is 0 Å². The van der Waals surface area contributed by atoms with Crippen LogP contribution in [0.3, 0.4) is 0 Å². The van der Waals surface area contributed by atoms with E-state index >= 15 is 0 Å². The van der Waals surface area contributed by atoms with Crippen LogP contribution in [0.2, 0.25) is 0 Å². The minimum Gasteiger partial charge on any atom is -0.545 e. The number of hydrogen-bond donors (Lipinski definition) is 0. The first-order valence-corrected chi connectivity index (χ1v) is 6.87. The van der Waals surface area contributed by atoms with Crippen molar-refractivity contribution in [3.8, 4) is 5.69 Å². The van der Waals surface area contributed by atoms with Crippen molar-refractivity contribution in [2.24, 2.45) is 0 Å². The fraction of sp³-hybridized carbons (Fsp3) is 0.333. The number of alkyl halides is 3. The van der Waals surface area contributed by atoms with E-state index in [0.717, 1.165) is 6.42 Å². The molecule has 0 saturated heterocycles. The SMILES string of the molecule is O=C([O-])c1ccc(-n2nc(C(F)(F)F)c3c2CCCC3)cc1.[K+]. The summed E-state index contributed by atoms with van der Waals surface area (Å²) in [5, 5.41) is 14.5. The maximum absolute atomic E-state index is 13.1. The number of carboxylic acids is 1. The van der Waals surface area contributed by atoms with E-state index in [9.17, 15) is 23.1 Å². The second-order valence-corrected chi connectivity index (χ2v) is 5.22. The summed E-state index contributed by atoms with van der Waals surface area (Å²) in [6.45, 7) is 0. The van der Waals surface area contributed by atoms with Crippen LogP contribution in [0, 0.1) is 0 Å². The molecule has 23 heavy (non-hydrogen) atoms. The number of fused-ring (bicyclic) bond motifs is 1. The van der Waals surface area contributed by atoms with Crippen molar-refractivity contribution >= 4 is 5.97 Å². The number of carbonyl (C=O) groups is 1. The quantitative estimate of drug-likeness (QED) is 0.664. The summed E-state index contributed by atoms with van der Waals surface area (Å²) in [6, 6.07) is 5.48. The summed E-state index contributed by atoms with van der Waals surface area (Å²) < 4.78 is 40.6. The summed E-state index contributed by atoms with van der Waals surface area (Å²) in [5.74, 6) is -1.33. The molecule has 2 aromatic rings. The first-order valence-electron chi connectivity index (χ1n) is 6.87. The normalized spacial score (nSPS) is 14.0. The average Bonchev–Trinajstić information content (AvgIpc) is 2.87. The van der Waals surface area contributed by atoms with Gasteiger partial charge in [-0.3, -0.25) is 0 Å². The second kappa shape index (κ2) is 7.06. The molecule has 0 bridgehead atoms. The summed E-state index contributed by atoms with van der Waals surface area (Å²) >= 11 is 0. The predicted octanol–water partition coefficient (Wildman–Crippen LogP) is -0.863. The Balaban J connectivity index is 0.00000192. The minimum atomic E-state index is -4.49. The van der Waals surface area contributed by atoms with E-state index in [2.05, 4.69) is 5.10 Å². The van der Waals surface area contributed by atoms with Gasteiger partial charge in [-0.25, -0.2) is 4.68 Å². The van der Waals surface area contributed by atoms with Gasteiger partial charge in [-0.05, 0) is 43.4 Å². The van der Waals surface area contributed by atoms with Crippen molar-refractivity contribution in [2.75, 3.05) is 0 Å². The standard InChI is InChI=1S/C15H13F3N2O2.K/c16-15(17,18)13-11-3-1-2-4-12(11)20(19-13)10-7-5-9(6-8-10)14(21)22;/h5-8H,1-4H2,(H,21,22);/q;+1/p-1. The third kappa shape index (κ3) is 3.71. The first kappa shape index (κ1) is 18.7. The molecule has 0 saturated carbocycles. The molecule has 1 heterocycles. The van der Waals surface area contributed by atoms with Gasteiger partial charge < -0.3 is 9.90 Å². The van der Waals surface area contributed by atoms with Crippen molar-refractivity contribution in [1.29, 1.82) is 0 Å². The largest absolute Gasteiger partial charge is 1.00 e. The average molecular weight is 348 g/mol. The molecule has 0 spiro atoms. The van der Waals surface area contributed by atoms with Gasteiger partial charge in [0.15, 0.2) is 5.69 Å². The summed E-state index contributed by atoms with van der Waals surface area (Å²) in [4.78, 5) is 10.7. The van der Waals surface area contributed by atoms with Crippen LogP contribution in [0.4, 0.5) is 13.2 Å². The molecule has 1 aromatic heterocycles. The monoisotopic (exact) mass is 348 g/mol. The van der Waals surface area contributed by atoms with Gasteiger partial charge in [-0.2, -0.15) is 18.3 Å². The van der Waals surface area contributed by atoms with Crippen molar-refractivity contribution < 1.29 is 74.5 Å². The van der Waals surface area contributed by atoms with Gasteiger partial charge in [0, 0.05) is 11.3 Å². The molecule has 3 rings (SSSR count). The smallest absolute Gasteiger partial charge is 0.545 e. The van der Waals surface area contributed by atoms with Crippen molar-refractivity contribution in [3.63, 3.8) is 0 Å². The zero-order chi connectivity index (χ0) is 15.9. The van der Waals surface area contributed by atoms with Crippen LogP contribution >= 0.6 is 0 Å². The number of carboxylic acid groups (broad SMARTS) is 1. The number of benzene rings is 1. The molecule has 8 heteroatoms. The van der Waals surface area contributed by atoms with Crippen molar-refractivity contribution in [2.45, 2.75) is 31.9 Å². The molecule has 4 nitrogen and oxygen atoms in total. The third-order valence-electron chi connectivity index (χ3n) is 3.80. The topological polar surface area (TPSA) is 57.9 Å². The molecule has 0 atom stereocenters. The van der Waals surface area contributed by atoms with E-state index in [1.165, 1.54) is 28.9 Å². The van der Waals surface area contributed by atoms with Gasteiger partial charge in [-0.1, -0.05) is 12.1 Å². The molecular weight excluding hydrogens is 336 g/mol. The van der Waals surface area contributed by atoms with E-state index < -0.39 is 17.8 Å². The maximum Gasteiger partial charge on any atom is 1.00 e. The summed E-state index contributed by atoms with van der Waals surface area (Å²) in [6.07, 6.45) is -2.07. The minimum absolute atomic E-state index is 0. The number of halogens is 3. The number of aromatic carboxylic acids is 1. The fourth-order valence-corrected chi connectivity index (χ4v) is 2.78. The summed E-state index contributed by atoms with van der Waals surface area (Å²) in [7, 11) is 0. The van der Waals surface area contributed by atoms with E-state index in [1.807, 2.05) is 0 Å². The van der Waals surface area contributed by atoms with Crippen LogP contribution in [-0.2, 0) is 19.0 Å². The van der Waals surface area contributed by atoms with Gasteiger partial charge in [0.05, 0.1) is 11.7 Å². The van der Waals surface area contributed by atoms with Crippen LogP contribution in [0.5, 0.6) is 0 Å². The maximum atomic E-state index is 13.1. The van der Waals surface area contributed by atoms with Crippen molar-refractivity contribution in [1.82, 2.24) is 9.78 Å². The molecule has 0 fully saturated rings. The Kier molecular flexibility index (Phi) is 5.73. The summed E-state index contributed by atoms with van der Waals surface area (Å²) in [5.41, 5.74) is 0.355. The zero-order valence-electron chi connectivity index (χ0n) is 12.5. The second-order valence-electron chi connectivity index (χ2n) is 5.22. The van der Waals surface area contributed by atoms with Gasteiger partial charge >= 0.3 is 57.6 Å². The molecule has 1 aromatic carbocycles. The first-order chi connectivity index (χ1) is 10.4. The molecule has 0 N–H and O–H groups in total. The number of carbonyl (C=O) groups excluding carboxylic acids is 1. The van der Waals surface area contributed by atoms with E-state index in [0.29, 0.717) is 30.6 Å². The van der Waals surface area contributed by atoms with E-state index in [-0.39, 0.29) is 62.5 Å². The van der Waals surface area contributed by atoms with Gasteiger partial charge in [-0.15, -0.1) is 0 Å². The molecule has 0 radical (unpaired) electrons. The number of nitrogens with zero attached hydrogens (tertiary/aromatic N) is 2. The van der Waals surface area contributed by atoms with Crippen molar-refractivity contribution in [3.05, 3.63) is 46.8 Å². The van der Waals surface area contributed by atoms with Crippen LogP contribution in [0.15, 0.2) is 24.3 Å². The van der Waals surface area contributed by atoms with Crippen LogP contribution in [0.1, 0.15) is 40.2 Å². The Bertz CT molecular complexity index is 724. The van der Waals surface area contributed by atoms with Gasteiger partial charge in [0.25, 0.3) is 0 Å². The Morgan fingerprint density at radius 3 is 2.30 bits per heavy atom. The Hall–Kier alpha value is -0.674. The van der Waals surface area contributed by atoms with E-state index in [4.69, 9.17) is 0 Å². The van der Waals surface area contributed by atoms with Crippen LogP contribution in [-0.4, -0.2) is 15.7 Å². The zero-order valence-corrected chi connectivity index (χ0v) is 15.6. The molecule has 0 amide bonds. The van der Waals surface area contributed by atoms with Crippen LogP contribution < -0.4 is 56.5 Å². The fourth-order valence-electron chi connectivity index (χ4n) is 2.78. The number of aromatic nitrogens is 2. The Morgan fingerprint density at radius 1 is 1.13 bits per heavy atom. The number of hydrogen-bond acceptors (Lipinski definition) is 3. The van der Waals surface area contributed by atoms with Gasteiger partial charge in [0.1, 0.15) is 0 Å². The molecule has 116 valence electrons.